The van der Waals surface area contributed by atoms with Crippen molar-refractivity contribution in [2.75, 3.05) is 33.3 Å². The normalized spacial score (nSPS) is 17.1. The number of nitrogens with zero attached hydrogens (tertiary/aromatic N) is 3. The van der Waals surface area contributed by atoms with Gasteiger partial charge in [-0.1, -0.05) is 6.07 Å². The van der Waals surface area contributed by atoms with Crippen LogP contribution in [0.4, 0.5) is 14.5 Å². The first kappa shape index (κ1) is 24.3. The van der Waals surface area contributed by atoms with Crippen molar-refractivity contribution in [3.63, 3.8) is 0 Å². The molecule has 1 saturated heterocycles. The van der Waals surface area contributed by atoms with Gasteiger partial charge in [-0.05, 0) is 48.6 Å². The number of rotatable bonds is 8. The second-order valence-electron chi connectivity index (χ2n) is 8.23. The smallest absolute Gasteiger partial charge is 0.387 e. The van der Waals surface area contributed by atoms with Crippen molar-refractivity contribution < 1.29 is 31.6 Å². The predicted octanol–water partition coefficient (Wildman–Crippen LogP) is 3.20. The number of nitro groups is 1. The fraction of sp³-hybridized carbons (Fsp3) is 0.455. The Labute approximate surface area is 196 Å². The zero-order chi connectivity index (χ0) is 24.5. The Morgan fingerprint density at radius 1 is 1.06 bits per heavy atom. The van der Waals surface area contributed by atoms with Crippen LogP contribution in [-0.4, -0.2) is 62.4 Å². The standard InChI is InChI=1S/C22H25F2N3O6S/c1-32-20-12-17(19(27(28)29)13-21(20)33-22(23)24)14-25-7-9-26(10-8-25)34(30,31)18-6-5-15-3-2-4-16(15)11-18/h5-6,11-13,22H,2-4,7-10,14H2,1H3. The number of methoxy groups -OCH3 is 1. The molecule has 0 unspecified atom stereocenters. The Morgan fingerprint density at radius 2 is 1.76 bits per heavy atom. The third-order valence-corrected chi connectivity index (χ3v) is 8.11. The zero-order valence-corrected chi connectivity index (χ0v) is 19.4. The van der Waals surface area contributed by atoms with Crippen LogP contribution in [0.2, 0.25) is 0 Å². The summed E-state index contributed by atoms with van der Waals surface area (Å²) in [6, 6.07) is 7.55. The largest absolute Gasteiger partial charge is 0.493 e. The minimum atomic E-state index is -3.64. The van der Waals surface area contributed by atoms with E-state index in [-0.39, 0.29) is 41.5 Å². The van der Waals surface area contributed by atoms with Gasteiger partial charge in [0.25, 0.3) is 5.69 Å². The highest BCUT2D eigenvalue weighted by molar-refractivity contribution is 7.89. The Kier molecular flexibility index (Phi) is 7.01. The molecule has 0 spiro atoms. The average Bonchev–Trinajstić information content (AvgIpc) is 3.27. The number of hydrogen-bond donors (Lipinski definition) is 0. The van der Waals surface area contributed by atoms with Crippen LogP contribution in [0, 0.1) is 10.1 Å². The number of ether oxygens (including phenoxy) is 2. The van der Waals surface area contributed by atoms with Crippen LogP contribution in [0.15, 0.2) is 35.2 Å². The number of alkyl halides is 2. The van der Waals surface area contributed by atoms with Crippen molar-refractivity contribution in [1.82, 2.24) is 9.21 Å². The van der Waals surface area contributed by atoms with Crippen molar-refractivity contribution in [2.24, 2.45) is 0 Å². The number of aryl methyl sites for hydroxylation is 2. The molecule has 1 aliphatic heterocycles. The summed E-state index contributed by atoms with van der Waals surface area (Å²) in [5, 5.41) is 11.5. The van der Waals surface area contributed by atoms with Gasteiger partial charge >= 0.3 is 6.61 Å². The minimum Gasteiger partial charge on any atom is -0.493 e. The van der Waals surface area contributed by atoms with Gasteiger partial charge in [0, 0.05) is 38.3 Å². The zero-order valence-electron chi connectivity index (χ0n) is 18.6. The summed E-state index contributed by atoms with van der Waals surface area (Å²) in [4.78, 5) is 13.0. The molecule has 0 atom stereocenters. The van der Waals surface area contributed by atoms with E-state index in [0.29, 0.717) is 13.1 Å². The fourth-order valence-electron chi connectivity index (χ4n) is 4.46. The maximum atomic E-state index is 13.1. The summed E-state index contributed by atoms with van der Waals surface area (Å²) in [5.74, 6) is -0.461. The monoisotopic (exact) mass is 497 g/mol. The first-order valence-corrected chi connectivity index (χ1v) is 12.3. The van der Waals surface area contributed by atoms with E-state index in [9.17, 15) is 27.3 Å². The lowest BCUT2D eigenvalue weighted by Gasteiger charge is -2.34. The highest BCUT2D eigenvalue weighted by Crippen LogP contribution is 2.36. The molecule has 0 N–H and O–H groups in total. The molecule has 12 heteroatoms. The summed E-state index contributed by atoms with van der Waals surface area (Å²) in [6.45, 7) is -1.83. The van der Waals surface area contributed by atoms with Gasteiger partial charge in [0.1, 0.15) is 0 Å². The van der Waals surface area contributed by atoms with Crippen LogP contribution < -0.4 is 9.47 Å². The van der Waals surface area contributed by atoms with Crippen LogP contribution in [-0.2, 0) is 29.4 Å². The average molecular weight is 498 g/mol. The topological polar surface area (TPSA) is 102 Å². The molecule has 1 aliphatic carbocycles. The summed E-state index contributed by atoms with van der Waals surface area (Å²) in [7, 11) is -2.38. The number of piperazine rings is 1. The molecule has 0 radical (unpaired) electrons. The molecule has 1 heterocycles. The molecule has 34 heavy (non-hydrogen) atoms. The van der Waals surface area contributed by atoms with Crippen molar-refractivity contribution >= 4 is 15.7 Å². The molecule has 0 amide bonds. The van der Waals surface area contributed by atoms with Gasteiger partial charge < -0.3 is 9.47 Å². The summed E-state index contributed by atoms with van der Waals surface area (Å²) < 4.78 is 62.4. The maximum absolute atomic E-state index is 13.1. The van der Waals surface area contributed by atoms with E-state index >= 15 is 0 Å². The Morgan fingerprint density at radius 3 is 2.41 bits per heavy atom. The minimum absolute atomic E-state index is 0.0428. The van der Waals surface area contributed by atoms with Gasteiger partial charge in [-0.3, -0.25) is 15.0 Å². The van der Waals surface area contributed by atoms with E-state index in [4.69, 9.17) is 4.74 Å². The van der Waals surface area contributed by atoms with Crippen molar-refractivity contribution in [3.05, 3.63) is 57.1 Å². The highest BCUT2D eigenvalue weighted by Gasteiger charge is 2.31. The summed E-state index contributed by atoms with van der Waals surface area (Å²) in [5.41, 5.74) is 2.18. The van der Waals surface area contributed by atoms with E-state index in [1.54, 1.807) is 12.1 Å². The third kappa shape index (κ3) is 4.98. The number of nitro benzene ring substituents is 1. The van der Waals surface area contributed by atoms with E-state index in [2.05, 4.69) is 4.74 Å². The lowest BCUT2D eigenvalue weighted by atomic mass is 10.1. The summed E-state index contributed by atoms with van der Waals surface area (Å²) in [6.07, 6.45) is 2.89. The van der Waals surface area contributed by atoms with Crippen LogP contribution in [0.5, 0.6) is 11.5 Å². The SMILES string of the molecule is COc1cc(CN2CCN(S(=O)(=O)c3ccc4c(c3)CCC4)CC2)c([N+](=O)[O-])cc1OC(F)F. The Hall–Kier alpha value is -2.83. The Balaban J connectivity index is 1.47. The number of hydrogen-bond acceptors (Lipinski definition) is 7. The predicted molar refractivity (Wildman–Crippen MR) is 119 cm³/mol. The van der Waals surface area contributed by atoms with Crippen molar-refractivity contribution in [2.45, 2.75) is 37.3 Å². The third-order valence-electron chi connectivity index (χ3n) is 6.21. The molecule has 2 aliphatic rings. The molecule has 0 bridgehead atoms. The molecule has 0 saturated carbocycles. The number of fused-ring (bicyclic) bond motifs is 1. The quantitative estimate of drug-likeness (QED) is 0.408. The van der Waals surface area contributed by atoms with Gasteiger partial charge in [-0.2, -0.15) is 13.1 Å². The molecular weight excluding hydrogens is 472 g/mol. The fourth-order valence-corrected chi connectivity index (χ4v) is 5.94. The van der Waals surface area contributed by atoms with E-state index in [1.807, 2.05) is 11.0 Å². The highest BCUT2D eigenvalue weighted by atomic mass is 32.2. The molecule has 9 nitrogen and oxygen atoms in total. The van der Waals surface area contributed by atoms with Crippen LogP contribution in [0.1, 0.15) is 23.1 Å². The van der Waals surface area contributed by atoms with Crippen molar-refractivity contribution in [3.8, 4) is 11.5 Å². The lowest BCUT2D eigenvalue weighted by molar-refractivity contribution is -0.385. The first-order chi connectivity index (χ1) is 16.2. The Bertz CT molecular complexity index is 1180. The van der Waals surface area contributed by atoms with Gasteiger partial charge in [0.05, 0.1) is 23.0 Å². The summed E-state index contributed by atoms with van der Waals surface area (Å²) >= 11 is 0. The lowest BCUT2D eigenvalue weighted by Crippen LogP contribution is -2.48. The van der Waals surface area contributed by atoms with Gasteiger partial charge in [-0.15, -0.1) is 0 Å². The molecular formula is C22H25F2N3O6S. The van der Waals surface area contributed by atoms with E-state index in [1.165, 1.54) is 23.0 Å². The van der Waals surface area contributed by atoms with E-state index in [0.717, 1.165) is 30.9 Å². The molecule has 0 aromatic heterocycles. The number of benzene rings is 2. The van der Waals surface area contributed by atoms with Gasteiger partial charge in [-0.25, -0.2) is 8.42 Å². The second-order valence-corrected chi connectivity index (χ2v) is 10.2. The maximum Gasteiger partial charge on any atom is 0.387 e. The molecule has 2 aromatic carbocycles. The van der Waals surface area contributed by atoms with Crippen LogP contribution >= 0.6 is 0 Å². The number of sulfonamides is 1. The molecule has 184 valence electrons. The van der Waals surface area contributed by atoms with Crippen molar-refractivity contribution in [1.29, 1.82) is 0 Å². The van der Waals surface area contributed by atoms with E-state index < -0.39 is 27.3 Å². The molecule has 4 rings (SSSR count). The van der Waals surface area contributed by atoms with Crippen LogP contribution in [0.25, 0.3) is 0 Å². The van der Waals surface area contributed by atoms with Gasteiger partial charge in [0.15, 0.2) is 11.5 Å². The molecule has 2 aromatic rings. The van der Waals surface area contributed by atoms with Gasteiger partial charge in [0.2, 0.25) is 10.0 Å². The molecule has 1 fully saturated rings. The first-order valence-electron chi connectivity index (χ1n) is 10.8. The second kappa shape index (κ2) is 9.80. The number of halogens is 2. The van der Waals surface area contributed by atoms with Crippen LogP contribution in [0.3, 0.4) is 0 Å².